The summed E-state index contributed by atoms with van der Waals surface area (Å²) in [5, 5.41) is 12.8. The van der Waals surface area contributed by atoms with Crippen molar-refractivity contribution in [2.45, 2.75) is 6.18 Å². The molecule has 2 aromatic carbocycles. The van der Waals surface area contributed by atoms with Gasteiger partial charge < -0.3 is 10.1 Å². The molecule has 6 nitrogen and oxygen atoms in total. The molecule has 0 saturated carbocycles. The molecule has 25 heavy (non-hydrogen) atoms. The number of benzene rings is 2. The van der Waals surface area contributed by atoms with Crippen molar-refractivity contribution in [1.29, 1.82) is 0 Å². The van der Waals surface area contributed by atoms with Crippen LogP contribution in [0.4, 0.5) is 28.9 Å². The first-order valence-electron chi connectivity index (χ1n) is 6.71. The van der Waals surface area contributed by atoms with Crippen molar-refractivity contribution in [1.82, 2.24) is 0 Å². The topological polar surface area (TPSA) is 81.5 Å². The number of rotatable bonds is 5. The first-order chi connectivity index (χ1) is 11.7. The van der Waals surface area contributed by atoms with Crippen molar-refractivity contribution in [3.8, 4) is 5.75 Å². The Bertz CT molecular complexity index is 808. The second-order valence-electron chi connectivity index (χ2n) is 4.75. The van der Waals surface area contributed by atoms with E-state index >= 15 is 0 Å². The van der Waals surface area contributed by atoms with Crippen LogP contribution in [0.5, 0.6) is 5.75 Å². The van der Waals surface area contributed by atoms with Crippen molar-refractivity contribution >= 4 is 17.3 Å². The lowest BCUT2D eigenvalue weighted by Crippen LogP contribution is -2.21. The van der Waals surface area contributed by atoms with Crippen LogP contribution in [-0.4, -0.2) is 17.4 Å². The van der Waals surface area contributed by atoms with E-state index in [0.717, 1.165) is 12.1 Å². The van der Waals surface area contributed by atoms with Gasteiger partial charge >= 0.3 is 6.18 Å². The predicted molar refractivity (Wildman–Crippen MR) is 78.6 cm³/mol. The fourth-order valence-electron chi connectivity index (χ4n) is 1.90. The van der Waals surface area contributed by atoms with Crippen LogP contribution in [0.25, 0.3) is 0 Å². The second kappa shape index (κ2) is 7.16. The number of alkyl halides is 3. The molecule has 0 bridgehead atoms. The Kier molecular flexibility index (Phi) is 5.20. The summed E-state index contributed by atoms with van der Waals surface area (Å²) < 4.78 is 56.8. The minimum absolute atomic E-state index is 0.197. The van der Waals surface area contributed by atoms with Crippen LogP contribution in [0.15, 0.2) is 42.5 Å². The zero-order valence-electron chi connectivity index (χ0n) is 12.3. The Balaban J connectivity index is 2.10. The number of hydrogen-bond acceptors (Lipinski definition) is 4. The number of nitro groups is 1. The van der Waals surface area contributed by atoms with Crippen molar-refractivity contribution in [2.24, 2.45) is 0 Å². The van der Waals surface area contributed by atoms with E-state index in [1.165, 1.54) is 18.2 Å². The summed E-state index contributed by atoms with van der Waals surface area (Å²) in [6, 6.07) is 7.30. The Labute approximate surface area is 138 Å². The summed E-state index contributed by atoms with van der Waals surface area (Å²) in [4.78, 5) is 21.2. The van der Waals surface area contributed by atoms with Crippen LogP contribution in [0.3, 0.4) is 0 Å². The molecular weight excluding hydrogens is 348 g/mol. The van der Waals surface area contributed by atoms with Crippen LogP contribution in [0.2, 0.25) is 0 Å². The van der Waals surface area contributed by atoms with Crippen molar-refractivity contribution in [3.63, 3.8) is 0 Å². The fraction of sp³-hybridized carbons (Fsp3) is 0.133. The van der Waals surface area contributed by atoms with E-state index in [0.29, 0.717) is 12.1 Å². The standard InChI is InChI=1S/C15H10F4N2O4/c16-11-3-1-2-4-13(11)25-8-14(22)20-9-5-6-12(21(23)24)10(7-9)15(17,18)19/h1-7H,8H2,(H,20,22). The summed E-state index contributed by atoms with van der Waals surface area (Å²) in [6.07, 6.45) is -4.97. The molecule has 2 rings (SSSR count). The highest BCUT2D eigenvalue weighted by Crippen LogP contribution is 2.37. The number of para-hydroxylation sites is 1. The van der Waals surface area contributed by atoms with Gasteiger partial charge in [0.1, 0.15) is 5.56 Å². The number of carbonyl (C=O) groups is 1. The average Bonchev–Trinajstić information content (AvgIpc) is 2.53. The van der Waals surface area contributed by atoms with Crippen molar-refractivity contribution < 1.29 is 32.0 Å². The third-order valence-electron chi connectivity index (χ3n) is 2.98. The quantitative estimate of drug-likeness (QED) is 0.501. The maximum absolute atomic E-state index is 13.3. The number of amides is 1. The largest absolute Gasteiger partial charge is 0.481 e. The molecule has 0 heterocycles. The molecule has 0 saturated heterocycles. The maximum atomic E-state index is 13.3. The SMILES string of the molecule is O=C(COc1ccccc1F)Nc1ccc([N+](=O)[O-])c(C(F)(F)F)c1. The molecular formula is C15H10F4N2O4. The summed E-state index contributed by atoms with van der Waals surface area (Å²) in [5.74, 6) is -1.76. The highest BCUT2D eigenvalue weighted by Gasteiger charge is 2.38. The molecule has 0 fully saturated rings. The molecule has 132 valence electrons. The minimum Gasteiger partial charge on any atom is -0.481 e. The van der Waals surface area contributed by atoms with Gasteiger partial charge in [-0.25, -0.2) is 4.39 Å². The number of carbonyl (C=O) groups excluding carboxylic acids is 1. The van der Waals surface area contributed by atoms with Crippen LogP contribution in [-0.2, 0) is 11.0 Å². The number of halogens is 4. The summed E-state index contributed by atoms with van der Waals surface area (Å²) in [6.45, 7) is -0.653. The Hall–Kier alpha value is -3.17. The van der Waals surface area contributed by atoms with E-state index in [1.54, 1.807) is 0 Å². The predicted octanol–water partition coefficient (Wildman–Crippen LogP) is 3.77. The normalized spacial score (nSPS) is 11.0. The third-order valence-corrected chi connectivity index (χ3v) is 2.98. The molecule has 1 N–H and O–H groups in total. The van der Waals surface area contributed by atoms with Gasteiger partial charge in [0.15, 0.2) is 18.2 Å². The zero-order chi connectivity index (χ0) is 18.6. The van der Waals surface area contributed by atoms with Gasteiger partial charge in [-0.1, -0.05) is 12.1 Å². The molecule has 0 aliphatic rings. The average molecular weight is 358 g/mol. The van der Waals surface area contributed by atoms with Crippen LogP contribution >= 0.6 is 0 Å². The van der Waals surface area contributed by atoms with E-state index < -0.39 is 40.7 Å². The number of ether oxygens (including phenoxy) is 1. The van der Waals surface area contributed by atoms with Crippen molar-refractivity contribution in [2.75, 3.05) is 11.9 Å². The van der Waals surface area contributed by atoms with Crippen LogP contribution in [0.1, 0.15) is 5.56 Å². The van der Waals surface area contributed by atoms with E-state index in [9.17, 15) is 32.5 Å². The van der Waals surface area contributed by atoms with E-state index in [1.807, 2.05) is 0 Å². The third kappa shape index (κ3) is 4.66. The molecule has 0 aliphatic carbocycles. The highest BCUT2D eigenvalue weighted by molar-refractivity contribution is 5.92. The smallest absolute Gasteiger partial charge is 0.423 e. The molecule has 0 spiro atoms. The molecule has 0 aromatic heterocycles. The first kappa shape index (κ1) is 18.2. The Morgan fingerprint density at radius 3 is 2.48 bits per heavy atom. The number of nitro benzene ring substituents is 1. The minimum atomic E-state index is -4.97. The van der Waals surface area contributed by atoms with E-state index in [4.69, 9.17) is 4.74 Å². The van der Waals surface area contributed by atoms with Gasteiger partial charge in [-0.3, -0.25) is 14.9 Å². The monoisotopic (exact) mass is 358 g/mol. The number of anilines is 1. The molecule has 2 aromatic rings. The Morgan fingerprint density at radius 1 is 1.20 bits per heavy atom. The van der Waals surface area contributed by atoms with Gasteiger partial charge in [0, 0.05) is 11.8 Å². The molecule has 0 unspecified atom stereocenters. The summed E-state index contributed by atoms with van der Waals surface area (Å²) >= 11 is 0. The molecule has 0 radical (unpaired) electrons. The number of nitrogens with one attached hydrogen (secondary N) is 1. The first-order valence-corrected chi connectivity index (χ1v) is 6.71. The van der Waals surface area contributed by atoms with E-state index in [2.05, 4.69) is 5.32 Å². The van der Waals surface area contributed by atoms with Crippen LogP contribution in [0, 0.1) is 15.9 Å². The fourth-order valence-corrected chi connectivity index (χ4v) is 1.90. The lowest BCUT2D eigenvalue weighted by atomic mass is 10.1. The van der Waals surface area contributed by atoms with Gasteiger partial charge in [0.25, 0.3) is 11.6 Å². The maximum Gasteiger partial charge on any atom is 0.423 e. The lowest BCUT2D eigenvalue weighted by molar-refractivity contribution is -0.388. The summed E-state index contributed by atoms with van der Waals surface area (Å²) in [7, 11) is 0. The van der Waals surface area contributed by atoms with Gasteiger partial charge in [0.05, 0.1) is 4.92 Å². The van der Waals surface area contributed by atoms with Crippen molar-refractivity contribution in [3.05, 3.63) is 64.0 Å². The van der Waals surface area contributed by atoms with Gasteiger partial charge in [-0.15, -0.1) is 0 Å². The lowest BCUT2D eigenvalue weighted by Gasteiger charge is -2.11. The van der Waals surface area contributed by atoms with E-state index in [-0.39, 0.29) is 11.4 Å². The number of hydrogen-bond donors (Lipinski definition) is 1. The molecule has 10 heteroatoms. The number of nitrogens with zero attached hydrogens (tertiary/aromatic N) is 1. The Morgan fingerprint density at radius 2 is 1.88 bits per heavy atom. The summed E-state index contributed by atoms with van der Waals surface area (Å²) in [5.41, 5.74) is -2.93. The molecule has 0 atom stereocenters. The molecule has 0 aliphatic heterocycles. The van der Waals surface area contributed by atoms with Gasteiger partial charge in [-0.2, -0.15) is 13.2 Å². The second-order valence-corrected chi connectivity index (χ2v) is 4.75. The van der Waals surface area contributed by atoms with Crippen LogP contribution < -0.4 is 10.1 Å². The van der Waals surface area contributed by atoms with Gasteiger partial charge in [0.2, 0.25) is 0 Å². The highest BCUT2D eigenvalue weighted by atomic mass is 19.4. The van der Waals surface area contributed by atoms with Gasteiger partial charge in [-0.05, 0) is 24.3 Å². The molecule has 1 amide bonds. The zero-order valence-corrected chi connectivity index (χ0v) is 12.3.